The fourth-order valence-electron chi connectivity index (χ4n) is 4.88. The zero-order chi connectivity index (χ0) is 28.9. The molecule has 0 saturated carbocycles. The Morgan fingerprint density at radius 1 is 1.02 bits per heavy atom. The predicted molar refractivity (Wildman–Crippen MR) is 161 cm³/mol. The number of likely N-dealkylation sites (N-methyl/N-ethyl adjacent to an activating group) is 2. The molecule has 0 bridgehead atoms. The summed E-state index contributed by atoms with van der Waals surface area (Å²) in [5.41, 5.74) is 4.20. The fraction of sp³-hybridized carbons (Fsp3) is 0.219. The average molecular weight is 552 g/mol. The Morgan fingerprint density at radius 2 is 1.73 bits per heavy atom. The Hall–Kier alpha value is -4.73. The number of ether oxygens (including phenoxy) is 1. The monoisotopic (exact) mass is 551 g/mol. The van der Waals surface area contributed by atoms with Crippen LogP contribution >= 0.6 is 0 Å². The summed E-state index contributed by atoms with van der Waals surface area (Å²) in [6, 6.07) is 22.0. The zero-order valence-electron chi connectivity index (χ0n) is 23.2. The van der Waals surface area contributed by atoms with Crippen LogP contribution in [0.15, 0.2) is 90.6 Å². The number of aromatic amines is 1. The minimum absolute atomic E-state index is 0.0378. The number of nitrogens with zero attached hydrogens (tertiary/aromatic N) is 4. The number of carbonyl (C=O) groups is 2. The van der Waals surface area contributed by atoms with Crippen LogP contribution < -0.4 is 4.90 Å². The summed E-state index contributed by atoms with van der Waals surface area (Å²) in [7, 11) is 3.88. The van der Waals surface area contributed by atoms with Crippen molar-refractivity contribution in [3.8, 4) is 5.88 Å². The molecule has 9 nitrogen and oxygen atoms in total. The number of hydrogen-bond acceptors (Lipinski definition) is 7. The lowest BCUT2D eigenvalue weighted by Gasteiger charge is -2.32. The zero-order valence-corrected chi connectivity index (χ0v) is 23.2. The fourth-order valence-corrected chi connectivity index (χ4v) is 4.88. The molecule has 0 aliphatic carbocycles. The van der Waals surface area contributed by atoms with E-state index in [2.05, 4.69) is 28.4 Å². The first-order valence-electron chi connectivity index (χ1n) is 13.4. The summed E-state index contributed by atoms with van der Waals surface area (Å²) in [4.78, 5) is 39.1. The van der Waals surface area contributed by atoms with Crippen LogP contribution in [0.4, 0.5) is 11.4 Å². The van der Waals surface area contributed by atoms with Gasteiger partial charge in [-0.1, -0.05) is 43.0 Å². The number of anilines is 1. The number of carbonyl (C=O) groups excluding carboxylic acids is 2. The van der Waals surface area contributed by atoms with Crippen LogP contribution in [0.3, 0.4) is 0 Å². The van der Waals surface area contributed by atoms with Crippen LogP contribution in [0.1, 0.15) is 21.5 Å². The van der Waals surface area contributed by atoms with E-state index in [1.807, 2.05) is 54.6 Å². The lowest BCUT2D eigenvalue weighted by atomic mass is 10.00. The Bertz CT molecular complexity index is 1590. The summed E-state index contributed by atoms with van der Waals surface area (Å²) in [6.45, 7) is 7.49. The summed E-state index contributed by atoms with van der Waals surface area (Å²) in [5.74, 6) is -0.569. The normalized spacial score (nSPS) is 14.6. The second kappa shape index (κ2) is 12.2. The molecule has 2 heterocycles. The average Bonchev–Trinajstić information content (AvgIpc) is 3.32. The highest BCUT2D eigenvalue weighted by atomic mass is 16.5. The van der Waals surface area contributed by atoms with Crippen molar-refractivity contribution in [3.05, 3.63) is 102 Å². The van der Waals surface area contributed by atoms with E-state index >= 15 is 0 Å². The molecular weight excluding hydrogens is 518 g/mol. The molecule has 210 valence electrons. The maximum atomic E-state index is 12.9. The smallest absolute Gasteiger partial charge is 0.342 e. The molecule has 2 N–H and O–H groups in total. The molecule has 0 spiro atoms. The highest BCUT2D eigenvalue weighted by Gasteiger charge is 2.21. The number of esters is 1. The van der Waals surface area contributed by atoms with Crippen LogP contribution in [-0.4, -0.2) is 84.3 Å². The van der Waals surface area contributed by atoms with Gasteiger partial charge in [-0.2, -0.15) is 0 Å². The van der Waals surface area contributed by atoms with Crippen molar-refractivity contribution in [3.63, 3.8) is 0 Å². The molecule has 5 rings (SSSR count). The van der Waals surface area contributed by atoms with E-state index in [-0.39, 0.29) is 11.8 Å². The van der Waals surface area contributed by atoms with Gasteiger partial charge in [-0.25, -0.2) is 9.79 Å². The number of piperazine rings is 1. The van der Waals surface area contributed by atoms with Gasteiger partial charge >= 0.3 is 5.97 Å². The van der Waals surface area contributed by atoms with Gasteiger partial charge in [0.2, 0.25) is 5.91 Å². The van der Waals surface area contributed by atoms with Gasteiger partial charge in [0, 0.05) is 55.4 Å². The van der Waals surface area contributed by atoms with Crippen molar-refractivity contribution in [2.24, 2.45) is 4.99 Å². The van der Waals surface area contributed by atoms with Crippen LogP contribution in [0.25, 0.3) is 10.9 Å². The van der Waals surface area contributed by atoms with Gasteiger partial charge in [0.15, 0.2) is 5.88 Å². The van der Waals surface area contributed by atoms with Gasteiger partial charge in [0.05, 0.1) is 35.3 Å². The van der Waals surface area contributed by atoms with Crippen LogP contribution in [0, 0.1) is 0 Å². The second-order valence-corrected chi connectivity index (χ2v) is 10.1. The number of aliphatic imine (C=N–C) groups is 1. The predicted octanol–water partition coefficient (Wildman–Crippen LogP) is 4.55. The first-order valence-corrected chi connectivity index (χ1v) is 13.4. The first-order chi connectivity index (χ1) is 19.8. The molecule has 1 amide bonds. The third-order valence-corrected chi connectivity index (χ3v) is 7.30. The van der Waals surface area contributed by atoms with E-state index in [4.69, 9.17) is 9.73 Å². The van der Waals surface area contributed by atoms with E-state index in [1.165, 1.54) is 0 Å². The van der Waals surface area contributed by atoms with Gasteiger partial charge in [0.25, 0.3) is 0 Å². The molecule has 0 unspecified atom stereocenters. The Morgan fingerprint density at radius 3 is 2.41 bits per heavy atom. The van der Waals surface area contributed by atoms with Crippen LogP contribution in [0.2, 0.25) is 0 Å². The highest BCUT2D eigenvalue weighted by molar-refractivity contribution is 6.22. The minimum atomic E-state index is -0.540. The van der Waals surface area contributed by atoms with Crippen molar-refractivity contribution in [1.29, 1.82) is 0 Å². The minimum Gasteiger partial charge on any atom is -0.494 e. The molecule has 1 saturated heterocycles. The SMILES string of the molecule is C=COC(=O)c1ccc2c(C(=Nc3ccc(N(C)C(=O)CN4CCN(C)CC4)cc3)c3ccccc3)c(O)[nH]c2c1. The molecule has 1 aliphatic rings. The van der Waals surface area contributed by atoms with E-state index < -0.39 is 5.97 Å². The lowest BCUT2D eigenvalue weighted by Crippen LogP contribution is -2.48. The number of aromatic hydroxyl groups is 1. The molecule has 4 aromatic rings. The molecule has 1 aliphatic heterocycles. The third-order valence-electron chi connectivity index (χ3n) is 7.30. The van der Waals surface area contributed by atoms with Crippen molar-refractivity contribution >= 4 is 39.9 Å². The summed E-state index contributed by atoms with van der Waals surface area (Å²) in [5, 5.41) is 11.7. The van der Waals surface area contributed by atoms with Gasteiger partial charge in [-0.15, -0.1) is 0 Å². The van der Waals surface area contributed by atoms with E-state index in [0.717, 1.165) is 43.7 Å². The largest absolute Gasteiger partial charge is 0.494 e. The Balaban J connectivity index is 1.44. The van der Waals surface area contributed by atoms with E-state index in [9.17, 15) is 14.7 Å². The highest BCUT2D eigenvalue weighted by Crippen LogP contribution is 2.32. The number of aromatic nitrogens is 1. The quantitative estimate of drug-likeness (QED) is 0.189. The Labute approximate surface area is 239 Å². The van der Waals surface area contributed by atoms with Crippen LogP contribution in [0.5, 0.6) is 5.88 Å². The van der Waals surface area contributed by atoms with E-state index in [0.29, 0.717) is 40.0 Å². The van der Waals surface area contributed by atoms with Gasteiger partial charge in [-0.05, 0) is 43.4 Å². The lowest BCUT2D eigenvalue weighted by molar-refractivity contribution is -0.119. The van der Waals surface area contributed by atoms with Crippen LogP contribution in [-0.2, 0) is 9.53 Å². The van der Waals surface area contributed by atoms with Crippen molar-refractivity contribution < 1.29 is 19.4 Å². The number of amides is 1. The molecule has 9 heteroatoms. The van der Waals surface area contributed by atoms with Crippen molar-refractivity contribution in [1.82, 2.24) is 14.8 Å². The summed E-state index contributed by atoms with van der Waals surface area (Å²) >= 11 is 0. The first kappa shape index (κ1) is 27.8. The van der Waals surface area contributed by atoms with Crippen molar-refractivity contribution in [2.45, 2.75) is 0 Å². The summed E-state index contributed by atoms with van der Waals surface area (Å²) in [6.07, 6.45) is 1.08. The molecule has 1 aromatic heterocycles. The van der Waals surface area contributed by atoms with Gasteiger partial charge < -0.3 is 24.6 Å². The van der Waals surface area contributed by atoms with Gasteiger partial charge in [0.1, 0.15) is 0 Å². The molecule has 41 heavy (non-hydrogen) atoms. The second-order valence-electron chi connectivity index (χ2n) is 10.1. The number of nitrogens with one attached hydrogen (secondary N) is 1. The van der Waals surface area contributed by atoms with E-state index in [1.54, 1.807) is 30.1 Å². The number of hydrogen-bond donors (Lipinski definition) is 2. The Kier molecular flexibility index (Phi) is 8.28. The number of benzene rings is 3. The topological polar surface area (TPSA) is 101 Å². The maximum absolute atomic E-state index is 12.9. The number of H-pyrrole nitrogens is 1. The number of rotatable bonds is 8. The molecular formula is C32H33N5O4. The standard InChI is InChI=1S/C32H33N5O4/c1-4-41-32(40)23-10-15-26-27(20-23)34-31(39)29(26)30(22-8-6-5-7-9-22)33-24-11-13-25(14-12-24)36(3)28(38)21-37-18-16-35(2)17-19-37/h4-15,20,34,39H,1,16-19,21H2,2-3H3. The summed E-state index contributed by atoms with van der Waals surface area (Å²) < 4.78 is 4.89. The van der Waals surface area contributed by atoms with Gasteiger partial charge in [-0.3, -0.25) is 9.69 Å². The molecule has 3 aromatic carbocycles. The molecule has 0 radical (unpaired) electrons. The maximum Gasteiger partial charge on any atom is 0.342 e. The molecule has 0 atom stereocenters. The molecule has 1 fully saturated rings. The third kappa shape index (κ3) is 6.21. The number of fused-ring (bicyclic) bond motifs is 1. The van der Waals surface area contributed by atoms with Crippen molar-refractivity contribution in [2.75, 3.05) is 51.7 Å².